The van der Waals surface area contributed by atoms with Gasteiger partial charge >= 0.3 is 5.97 Å². The number of carboxylic acids is 1. The number of carbonyl (C=O) groups is 3. The molecule has 1 aliphatic heterocycles. The highest BCUT2D eigenvalue weighted by Gasteiger charge is 2.43. The summed E-state index contributed by atoms with van der Waals surface area (Å²) in [4.78, 5) is 36.9. The summed E-state index contributed by atoms with van der Waals surface area (Å²) in [5.74, 6) is -2.91. The van der Waals surface area contributed by atoms with E-state index in [0.29, 0.717) is 5.56 Å². The molecule has 1 saturated heterocycles. The number of nitrogens with one attached hydrogen (secondary N) is 1. The molecule has 1 aliphatic rings. The molecule has 6 nitrogen and oxygen atoms in total. The molecular weight excluding hydrogens is 303 g/mol. The summed E-state index contributed by atoms with van der Waals surface area (Å²) in [6.07, 6.45) is 0.249. The van der Waals surface area contributed by atoms with Crippen LogP contribution in [0.4, 0.5) is 4.39 Å². The molecule has 3 atom stereocenters. The number of aliphatic carboxylic acids is 1. The molecule has 1 aromatic rings. The molecule has 2 rings (SSSR count). The van der Waals surface area contributed by atoms with Crippen LogP contribution in [0, 0.1) is 11.7 Å². The lowest BCUT2D eigenvalue weighted by Crippen LogP contribution is -2.44. The molecule has 23 heavy (non-hydrogen) atoms. The van der Waals surface area contributed by atoms with Crippen LogP contribution in [0.1, 0.15) is 31.4 Å². The molecule has 0 bridgehead atoms. The number of rotatable bonds is 5. The summed E-state index contributed by atoms with van der Waals surface area (Å²) < 4.78 is 13.1. The molecule has 0 radical (unpaired) electrons. The Morgan fingerprint density at radius 1 is 1.39 bits per heavy atom. The van der Waals surface area contributed by atoms with Crippen molar-refractivity contribution in [1.29, 1.82) is 0 Å². The van der Waals surface area contributed by atoms with E-state index in [-0.39, 0.29) is 18.7 Å². The smallest absolute Gasteiger partial charge is 0.326 e. The second kappa shape index (κ2) is 6.76. The zero-order chi connectivity index (χ0) is 17.1. The molecule has 2 amide bonds. The average Bonchev–Trinajstić information content (AvgIpc) is 2.81. The van der Waals surface area contributed by atoms with Gasteiger partial charge in [0.1, 0.15) is 11.9 Å². The highest BCUT2D eigenvalue weighted by Crippen LogP contribution is 2.37. The highest BCUT2D eigenvalue weighted by molar-refractivity contribution is 5.92. The molecule has 124 valence electrons. The first-order valence-electron chi connectivity index (χ1n) is 7.39. The van der Waals surface area contributed by atoms with Crippen LogP contribution < -0.4 is 5.32 Å². The number of likely N-dealkylation sites (tertiary alicyclic amines) is 1. The topological polar surface area (TPSA) is 86.7 Å². The lowest BCUT2D eigenvalue weighted by molar-refractivity contribution is -0.142. The summed E-state index contributed by atoms with van der Waals surface area (Å²) in [6.45, 7) is 1.66. The van der Waals surface area contributed by atoms with E-state index in [0.717, 1.165) is 0 Å². The lowest BCUT2D eigenvalue weighted by Gasteiger charge is -2.25. The fourth-order valence-corrected chi connectivity index (χ4v) is 2.84. The van der Waals surface area contributed by atoms with Crippen molar-refractivity contribution < 1.29 is 23.9 Å². The zero-order valence-corrected chi connectivity index (χ0v) is 13.0. The van der Waals surface area contributed by atoms with Crippen molar-refractivity contribution in [3.8, 4) is 0 Å². The van der Waals surface area contributed by atoms with Crippen LogP contribution in [0.5, 0.6) is 0 Å². The van der Waals surface area contributed by atoms with Crippen molar-refractivity contribution >= 4 is 17.8 Å². The van der Waals surface area contributed by atoms with E-state index in [1.165, 1.54) is 29.2 Å². The van der Waals surface area contributed by atoms with Crippen LogP contribution in [0.3, 0.4) is 0 Å². The van der Waals surface area contributed by atoms with Crippen LogP contribution in [0.25, 0.3) is 0 Å². The van der Waals surface area contributed by atoms with E-state index in [1.807, 2.05) is 0 Å². The molecule has 0 spiro atoms. The molecule has 2 N–H and O–H groups in total. The quantitative estimate of drug-likeness (QED) is 0.856. The predicted octanol–water partition coefficient (Wildman–Crippen LogP) is 1.32. The molecular formula is C16H19FN2O4. The summed E-state index contributed by atoms with van der Waals surface area (Å²) in [5.41, 5.74) is 0.642. The van der Waals surface area contributed by atoms with Gasteiger partial charge in [-0.2, -0.15) is 0 Å². The number of hydrogen-bond acceptors (Lipinski definition) is 3. The first-order valence-corrected chi connectivity index (χ1v) is 7.39. The van der Waals surface area contributed by atoms with Crippen LogP contribution in [-0.2, 0) is 14.4 Å². The first-order chi connectivity index (χ1) is 10.8. The van der Waals surface area contributed by atoms with Crippen molar-refractivity contribution in [3.05, 3.63) is 35.6 Å². The molecule has 1 fully saturated rings. The van der Waals surface area contributed by atoms with Crippen LogP contribution in [-0.4, -0.2) is 40.9 Å². The van der Waals surface area contributed by atoms with Gasteiger partial charge in [0.15, 0.2) is 0 Å². The Morgan fingerprint density at radius 2 is 2.00 bits per heavy atom. The van der Waals surface area contributed by atoms with E-state index in [2.05, 4.69) is 5.32 Å². The molecule has 3 unspecified atom stereocenters. The second-order valence-electron chi connectivity index (χ2n) is 5.62. The molecule has 0 saturated carbocycles. The van der Waals surface area contributed by atoms with Crippen molar-refractivity contribution in [2.75, 3.05) is 7.05 Å². The van der Waals surface area contributed by atoms with Crippen molar-refractivity contribution in [2.24, 2.45) is 5.92 Å². The van der Waals surface area contributed by atoms with E-state index in [9.17, 15) is 18.8 Å². The van der Waals surface area contributed by atoms with Gasteiger partial charge in [0.2, 0.25) is 11.8 Å². The Hall–Kier alpha value is -2.44. The number of carboxylic acid groups (broad SMARTS) is 1. The van der Waals surface area contributed by atoms with Gasteiger partial charge in [-0.3, -0.25) is 9.59 Å². The number of amides is 2. The third-order valence-corrected chi connectivity index (χ3v) is 4.16. The van der Waals surface area contributed by atoms with E-state index < -0.39 is 35.7 Å². The molecule has 0 aromatic heterocycles. The Labute approximate surface area is 133 Å². The van der Waals surface area contributed by atoms with E-state index in [1.54, 1.807) is 14.0 Å². The average molecular weight is 322 g/mol. The lowest BCUT2D eigenvalue weighted by atomic mass is 9.92. The van der Waals surface area contributed by atoms with Crippen molar-refractivity contribution in [3.63, 3.8) is 0 Å². The maximum absolute atomic E-state index is 13.1. The van der Waals surface area contributed by atoms with Gasteiger partial charge in [-0.05, 0) is 24.1 Å². The third kappa shape index (κ3) is 3.49. The first kappa shape index (κ1) is 16.9. The van der Waals surface area contributed by atoms with Crippen LogP contribution >= 0.6 is 0 Å². The Morgan fingerprint density at radius 3 is 2.52 bits per heavy atom. The zero-order valence-electron chi connectivity index (χ0n) is 13.0. The highest BCUT2D eigenvalue weighted by atomic mass is 19.1. The van der Waals surface area contributed by atoms with Gasteiger partial charge in [-0.1, -0.05) is 19.1 Å². The number of carbonyl (C=O) groups excluding carboxylic acids is 2. The predicted molar refractivity (Wildman–Crippen MR) is 79.9 cm³/mol. The van der Waals surface area contributed by atoms with Crippen LogP contribution in [0.15, 0.2) is 24.3 Å². The molecule has 1 heterocycles. The maximum atomic E-state index is 13.1. The minimum absolute atomic E-state index is 0.000426. The Balaban J connectivity index is 2.24. The molecule has 0 aliphatic carbocycles. The summed E-state index contributed by atoms with van der Waals surface area (Å²) in [7, 11) is 1.58. The monoisotopic (exact) mass is 322 g/mol. The number of benzene rings is 1. The minimum atomic E-state index is -1.11. The van der Waals surface area contributed by atoms with E-state index >= 15 is 0 Å². The van der Waals surface area contributed by atoms with Gasteiger partial charge in [0.05, 0.1) is 12.0 Å². The Bertz CT molecular complexity index is 617. The number of halogens is 1. The fourth-order valence-electron chi connectivity index (χ4n) is 2.84. The van der Waals surface area contributed by atoms with E-state index in [4.69, 9.17) is 5.11 Å². The summed E-state index contributed by atoms with van der Waals surface area (Å²) >= 11 is 0. The number of hydrogen-bond donors (Lipinski definition) is 2. The SMILES string of the molecule is CCC(NC(=O)C1CC(=O)N(C)C1c1ccc(F)cc1)C(=O)O. The fraction of sp³-hybridized carbons (Fsp3) is 0.438. The molecule has 7 heteroatoms. The second-order valence-corrected chi connectivity index (χ2v) is 5.62. The van der Waals surface area contributed by atoms with Crippen LogP contribution in [0.2, 0.25) is 0 Å². The Kier molecular flexibility index (Phi) is 4.98. The van der Waals surface area contributed by atoms with Gasteiger partial charge in [-0.25, -0.2) is 9.18 Å². The largest absolute Gasteiger partial charge is 0.480 e. The summed E-state index contributed by atoms with van der Waals surface area (Å²) in [5, 5.41) is 11.5. The van der Waals surface area contributed by atoms with Crippen molar-refractivity contribution in [1.82, 2.24) is 10.2 Å². The van der Waals surface area contributed by atoms with Gasteiger partial charge in [0, 0.05) is 13.5 Å². The standard InChI is InChI=1S/C16H19FN2O4/c1-3-12(16(22)23)18-15(21)11-8-13(20)19(2)14(11)9-4-6-10(17)7-5-9/h4-7,11-12,14H,3,8H2,1-2H3,(H,18,21)(H,22,23). The normalized spacial score (nSPS) is 22.0. The summed E-state index contributed by atoms with van der Waals surface area (Å²) in [6, 6.07) is 4.08. The van der Waals surface area contributed by atoms with Crippen molar-refractivity contribution in [2.45, 2.75) is 31.8 Å². The third-order valence-electron chi connectivity index (χ3n) is 4.16. The minimum Gasteiger partial charge on any atom is -0.480 e. The van der Waals surface area contributed by atoms with Gasteiger partial charge in [-0.15, -0.1) is 0 Å². The molecule has 1 aromatic carbocycles. The number of nitrogens with zero attached hydrogens (tertiary/aromatic N) is 1. The van der Waals surface area contributed by atoms with Gasteiger partial charge < -0.3 is 15.3 Å². The van der Waals surface area contributed by atoms with Gasteiger partial charge in [0.25, 0.3) is 0 Å². The maximum Gasteiger partial charge on any atom is 0.326 e.